The molecule has 1 aliphatic heterocycles. The van der Waals surface area contributed by atoms with Crippen molar-refractivity contribution in [1.29, 1.82) is 0 Å². The topological polar surface area (TPSA) is 34.0 Å². The summed E-state index contributed by atoms with van der Waals surface area (Å²) in [6, 6.07) is 13.3. The average molecular weight is 360 g/mol. The van der Waals surface area contributed by atoms with E-state index in [-0.39, 0.29) is 12.5 Å². The number of likely N-dealkylation sites (tertiary alicyclic amines) is 1. The van der Waals surface area contributed by atoms with E-state index in [1.165, 1.54) is 16.3 Å². The standard InChI is InChI=1S/C19H19F3N4/c20-19(21,22)18-24-16-7-4-9-23-17(16)26(18)13-15-8-10-25(12-15)11-14-5-2-1-3-6-14/h1-7,9,15H,8,10-13H2/t15-/m0/s1. The van der Waals surface area contributed by atoms with Crippen molar-refractivity contribution in [3.8, 4) is 0 Å². The summed E-state index contributed by atoms with van der Waals surface area (Å²) in [6.07, 6.45) is -2.10. The maximum atomic E-state index is 13.4. The third-order valence-electron chi connectivity index (χ3n) is 4.82. The fraction of sp³-hybridized carbons (Fsp3) is 0.368. The second-order valence-electron chi connectivity index (χ2n) is 6.77. The number of benzene rings is 1. The van der Waals surface area contributed by atoms with Crippen LogP contribution in [0.15, 0.2) is 48.7 Å². The summed E-state index contributed by atoms with van der Waals surface area (Å²) in [6.45, 7) is 2.78. The molecule has 0 saturated carbocycles. The van der Waals surface area contributed by atoms with Gasteiger partial charge in [0.15, 0.2) is 5.65 Å². The van der Waals surface area contributed by atoms with Crippen molar-refractivity contribution in [3.05, 3.63) is 60.0 Å². The maximum Gasteiger partial charge on any atom is 0.449 e. The van der Waals surface area contributed by atoms with Gasteiger partial charge in [0.2, 0.25) is 5.82 Å². The lowest BCUT2D eigenvalue weighted by atomic mass is 10.1. The molecule has 1 saturated heterocycles. The van der Waals surface area contributed by atoms with E-state index in [1.54, 1.807) is 12.1 Å². The molecule has 1 atom stereocenters. The number of imidazole rings is 1. The molecule has 0 bridgehead atoms. The van der Waals surface area contributed by atoms with Gasteiger partial charge < -0.3 is 4.57 Å². The molecule has 3 heterocycles. The Morgan fingerprint density at radius 2 is 1.88 bits per heavy atom. The molecule has 2 aromatic heterocycles. The van der Waals surface area contributed by atoms with Gasteiger partial charge in [-0.1, -0.05) is 30.3 Å². The third kappa shape index (κ3) is 3.44. The van der Waals surface area contributed by atoms with E-state index < -0.39 is 12.0 Å². The monoisotopic (exact) mass is 360 g/mol. The first-order valence-corrected chi connectivity index (χ1v) is 8.65. The van der Waals surface area contributed by atoms with Crippen LogP contribution in [0.3, 0.4) is 0 Å². The zero-order chi connectivity index (χ0) is 18.1. The second kappa shape index (κ2) is 6.72. The SMILES string of the molecule is FC(F)(F)c1nc2cccnc2n1C[C@H]1CCN(Cc2ccccc2)C1. The van der Waals surface area contributed by atoms with Crippen LogP contribution < -0.4 is 0 Å². The number of hydrogen-bond acceptors (Lipinski definition) is 3. The summed E-state index contributed by atoms with van der Waals surface area (Å²) in [5.74, 6) is -0.702. The molecule has 1 aromatic carbocycles. The summed E-state index contributed by atoms with van der Waals surface area (Å²) in [5.41, 5.74) is 1.82. The first kappa shape index (κ1) is 17.0. The maximum absolute atomic E-state index is 13.4. The van der Waals surface area contributed by atoms with Gasteiger partial charge in [-0.3, -0.25) is 4.90 Å². The largest absolute Gasteiger partial charge is 0.449 e. The molecule has 1 fully saturated rings. The molecule has 4 nitrogen and oxygen atoms in total. The molecule has 26 heavy (non-hydrogen) atoms. The van der Waals surface area contributed by atoms with Gasteiger partial charge >= 0.3 is 6.18 Å². The smallest absolute Gasteiger partial charge is 0.305 e. The number of aromatic nitrogens is 3. The number of nitrogens with zero attached hydrogens (tertiary/aromatic N) is 4. The average Bonchev–Trinajstić information content (AvgIpc) is 3.21. The highest BCUT2D eigenvalue weighted by molar-refractivity contribution is 5.71. The number of rotatable bonds is 4. The first-order valence-electron chi connectivity index (χ1n) is 8.65. The number of hydrogen-bond donors (Lipinski definition) is 0. The van der Waals surface area contributed by atoms with E-state index in [2.05, 4.69) is 27.0 Å². The summed E-state index contributed by atoms with van der Waals surface area (Å²) < 4.78 is 41.5. The Hall–Kier alpha value is -2.41. The zero-order valence-electron chi connectivity index (χ0n) is 14.2. The Morgan fingerprint density at radius 3 is 2.65 bits per heavy atom. The number of halogens is 3. The molecular weight excluding hydrogens is 341 g/mol. The minimum absolute atomic E-state index is 0.152. The molecule has 1 aliphatic rings. The van der Waals surface area contributed by atoms with Gasteiger partial charge in [-0.25, -0.2) is 9.97 Å². The van der Waals surface area contributed by atoms with Crippen LogP contribution in [0.25, 0.3) is 11.2 Å². The lowest BCUT2D eigenvalue weighted by molar-refractivity contribution is -0.147. The van der Waals surface area contributed by atoms with Gasteiger partial charge in [0, 0.05) is 25.8 Å². The molecule has 4 rings (SSSR count). The molecule has 0 unspecified atom stereocenters. The molecule has 0 radical (unpaired) electrons. The Morgan fingerprint density at radius 1 is 1.08 bits per heavy atom. The second-order valence-corrected chi connectivity index (χ2v) is 6.77. The molecule has 0 spiro atoms. The lowest BCUT2D eigenvalue weighted by Crippen LogP contribution is -2.23. The highest BCUT2D eigenvalue weighted by Crippen LogP contribution is 2.32. The van der Waals surface area contributed by atoms with Crippen LogP contribution in [0.1, 0.15) is 17.8 Å². The van der Waals surface area contributed by atoms with Crippen LogP contribution in [-0.2, 0) is 19.3 Å². The van der Waals surface area contributed by atoms with Crippen molar-refractivity contribution in [2.45, 2.75) is 25.7 Å². The Bertz CT molecular complexity index is 889. The van der Waals surface area contributed by atoms with Crippen molar-refractivity contribution >= 4 is 11.2 Å². The third-order valence-corrected chi connectivity index (χ3v) is 4.82. The normalized spacial score (nSPS) is 18.7. The van der Waals surface area contributed by atoms with E-state index in [4.69, 9.17) is 0 Å². The molecular formula is C19H19F3N4. The van der Waals surface area contributed by atoms with E-state index in [9.17, 15) is 13.2 Å². The van der Waals surface area contributed by atoms with Crippen molar-refractivity contribution in [3.63, 3.8) is 0 Å². The van der Waals surface area contributed by atoms with E-state index >= 15 is 0 Å². The summed E-state index contributed by atoms with van der Waals surface area (Å²) >= 11 is 0. The summed E-state index contributed by atoms with van der Waals surface area (Å²) in [4.78, 5) is 10.2. The van der Waals surface area contributed by atoms with E-state index in [0.29, 0.717) is 11.2 Å². The van der Waals surface area contributed by atoms with Gasteiger partial charge in [-0.15, -0.1) is 0 Å². The van der Waals surface area contributed by atoms with Crippen LogP contribution in [0, 0.1) is 5.92 Å². The van der Waals surface area contributed by atoms with Gasteiger partial charge in [0.05, 0.1) is 0 Å². The number of alkyl halides is 3. The van der Waals surface area contributed by atoms with Gasteiger partial charge in [0.25, 0.3) is 0 Å². The van der Waals surface area contributed by atoms with E-state index in [0.717, 1.165) is 26.1 Å². The molecule has 7 heteroatoms. The van der Waals surface area contributed by atoms with Gasteiger partial charge in [-0.05, 0) is 36.6 Å². The predicted octanol–water partition coefficient (Wildman–Crippen LogP) is 3.97. The predicted molar refractivity (Wildman–Crippen MR) is 92.4 cm³/mol. The quantitative estimate of drug-likeness (QED) is 0.706. The Kier molecular flexibility index (Phi) is 4.40. The molecule has 3 aromatic rings. The highest BCUT2D eigenvalue weighted by atomic mass is 19.4. The van der Waals surface area contributed by atoms with Crippen molar-refractivity contribution in [1.82, 2.24) is 19.4 Å². The van der Waals surface area contributed by atoms with Crippen LogP contribution in [0.2, 0.25) is 0 Å². The minimum atomic E-state index is -4.48. The van der Waals surface area contributed by atoms with Gasteiger partial charge in [0.1, 0.15) is 5.52 Å². The molecule has 0 aliphatic carbocycles. The van der Waals surface area contributed by atoms with Crippen molar-refractivity contribution < 1.29 is 13.2 Å². The molecule has 0 amide bonds. The van der Waals surface area contributed by atoms with Crippen LogP contribution in [-0.4, -0.2) is 32.5 Å². The minimum Gasteiger partial charge on any atom is -0.305 e. The zero-order valence-corrected chi connectivity index (χ0v) is 14.2. The fourth-order valence-corrected chi connectivity index (χ4v) is 3.65. The highest BCUT2D eigenvalue weighted by Gasteiger charge is 2.38. The Balaban J connectivity index is 1.53. The summed E-state index contributed by atoms with van der Waals surface area (Å²) in [7, 11) is 0. The van der Waals surface area contributed by atoms with Crippen molar-refractivity contribution in [2.75, 3.05) is 13.1 Å². The van der Waals surface area contributed by atoms with Crippen molar-refractivity contribution in [2.24, 2.45) is 5.92 Å². The van der Waals surface area contributed by atoms with Crippen LogP contribution in [0.4, 0.5) is 13.2 Å². The number of fused-ring (bicyclic) bond motifs is 1. The number of pyridine rings is 1. The lowest BCUT2D eigenvalue weighted by Gasteiger charge is -2.17. The molecule has 136 valence electrons. The fourth-order valence-electron chi connectivity index (χ4n) is 3.65. The van der Waals surface area contributed by atoms with Crippen LogP contribution in [0.5, 0.6) is 0 Å². The molecule has 0 N–H and O–H groups in total. The first-order chi connectivity index (χ1) is 12.5. The van der Waals surface area contributed by atoms with Crippen LogP contribution >= 0.6 is 0 Å². The van der Waals surface area contributed by atoms with Gasteiger partial charge in [-0.2, -0.15) is 13.2 Å². The Labute approximate surface area is 149 Å². The van der Waals surface area contributed by atoms with E-state index in [1.807, 2.05) is 18.2 Å². The summed E-state index contributed by atoms with van der Waals surface area (Å²) in [5, 5.41) is 0.